The van der Waals surface area contributed by atoms with Crippen molar-refractivity contribution < 1.29 is 9.66 Å². The van der Waals surface area contributed by atoms with Gasteiger partial charge in [-0.2, -0.15) is 5.10 Å². The van der Waals surface area contributed by atoms with Crippen LogP contribution in [-0.4, -0.2) is 15.6 Å². The molecule has 140 valence electrons. The Bertz CT molecular complexity index is 1110. The third-order valence-corrected chi connectivity index (χ3v) is 6.60. The molecule has 0 bridgehead atoms. The first-order valence-electron chi connectivity index (χ1n) is 8.71. The molecule has 5 rings (SSSR count). The Morgan fingerprint density at radius 3 is 2.82 bits per heavy atom. The Morgan fingerprint density at radius 1 is 1.18 bits per heavy atom. The van der Waals surface area contributed by atoms with Crippen molar-refractivity contribution in [2.45, 2.75) is 18.7 Å². The summed E-state index contributed by atoms with van der Waals surface area (Å²) in [4.78, 5) is 11.9. The summed E-state index contributed by atoms with van der Waals surface area (Å²) in [6.45, 7) is 0. The van der Waals surface area contributed by atoms with E-state index < -0.39 is 6.23 Å². The second-order valence-corrected chi connectivity index (χ2v) is 9.07. The maximum Gasteiger partial charge on any atom is 0.269 e. The van der Waals surface area contributed by atoms with E-state index in [4.69, 9.17) is 9.84 Å². The summed E-state index contributed by atoms with van der Waals surface area (Å²) in [5.41, 5.74) is 2.84. The van der Waals surface area contributed by atoms with Crippen LogP contribution in [0.2, 0.25) is 0 Å². The lowest BCUT2D eigenvalue weighted by Gasteiger charge is -2.38. The molecule has 0 saturated heterocycles. The Morgan fingerprint density at radius 2 is 2.04 bits per heavy atom. The average molecular weight is 456 g/mol. The van der Waals surface area contributed by atoms with Gasteiger partial charge in [0.05, 0.1) is 25.3 Å². The van der Waals surface area contributed by atoms with Crippen LogP contribution >= 0.6 is 27.3 Å². The zero-order chi connectivity index (χ0) is 19.3. The third kappa shape index (κ3) is 2.89. The van der Waals surface area contributed by atoms with Crippen LogP contribution in [0.5, 0.6) is 5.75 Å². The molecule has 6 nitrogen and oxygen atoms in total. The Balaban J connectivity index is 1.60. The van der Waals surface area contributed by atoms with Gasteiger partial charge in [-0.1, -0.05) is 30.3 Å². The number of rotatable bonds is 3. The smallest absolute Gasteiger partial charge is 0.269 e. The number of nitrogens with zero attached hydrogens (tertiary/aromatic N) is 3. The molecule has 1 aromatic heterocycles. The van der Waals surface area contributed by atoms with Crippen LogP contribution in [0, 0.1) is 10.1 Å². The van der Waals surface area contributed by atoms with Gasteiger partial charge in [0, 0.05) is 29.7 Å². The van der Waals surface area contributed by atoms with Gasteiger partial charge in [0.2, 0.25) is 6.23 Å². The van der Waals surface area contributed by atoms with Crippen LogP contribution in [0.25, 0.3) is 0 Å². The lowest BCUT2D eigenvalue weighted by Crippen LogP contribution is -2.33. The van der Waals surface area contributed by atoms with Gasteiger partial charge in [0.1, 0.15) is 5.75 Å². The minimum atomic E-state index is -0.513. The zero-order valence-electron chi connectivity index (χ0n) is 14.5. The van der Waals surface area contributed by atoms with Crippen molar-refractivity contribution in [3.8, 4) is 5.75 Å². The van der Waals surface area contributed by atoms with E-state index in [9.17, 15) is 10.1 Å². The fraction of sp³-hybridized carbons (Fsp3) is 0.150. The number of fused-ring (bicyclic) bond motifs is 3. The van der Waals surface area contributed by atoms with E-state index >= 15 is 0 Å². The van der Waals surface area contributed by atoms with E-state index in [2.05, 4.69) is 28.1 Å². The standard InChI is InChI=1S/C20H14BrN3O3S/c21-19-9-8-18(28-19)15-11-16-14-6-1-2-7-17(14)27-20(23(16)22-15)12-4-3-5-13(10-12)24(25)26/h1-10,16,20H,11H2/t16-,20-/m0/s1. The minimum absolute atomic E-state index is 0.0325. The molecule has 0 fully saturated rings. The van der Waals surface area contributed by atoms with Crippen molar-refractivity contribution in [2.24, 2.45) is 5.10 Å². The SMILES string of the molecule is O=[N+]([O-])c1cccc([C@@H]2Oc3ccccc3[C@@H]3CC(c4ccc(Br)s4)=NN32)c1. The fourth-order valence-electron chi connectivity index (χ4n) is 3.66. The molecule has 2 aromatic carbocycles. The monoisotopic (exact) mass is 455 g/mol. The van der Waals surface area contributed by atoms with Crippen LogP contribution in [0.1, 0.15) is 34.7 Å². The predicted molar refractivity (Wildman–Crippen MR) is 111 cm³/mol. The molecule has 0 spiro atoms. The summed E-state index contributed by atoms with van der Waals surface area (Å²) >= 11 is 5.16. The Kier molecular flexibility index (Phi) is 4.17. The number of benzene rings is 2. The van der Waals surface area contributed by atoms with Gasteiger partial charge in [-0.3, -0.25) is 10.1 Å². The number of nitro groups is 1. The molecule has 0 N–H and O–H groups in total. The topological polar surface area (TPSA) is 68.0 Å². The normalized spacial score (nSPS) is 20.2. The second-order valence-electron chi connectivity index (χ2n) is 6.61. The molecule has 8 heteroatoms. The molecule has 0 aliphatic carbocycles. The molecule has 2 atom stereocenters. The molecule has 3 aromatic rings. The molecular weight excluding hydrogens is 442 g/mol. The first-order chi connectivity index (χ1) is 13.6. The highest BCUT2D eigenvalue weighted by Gasteiger charge is 2.41. The summed E-state index contributed by atoms with van der Waals surface area (Å²) in [7, 11) is 0. The van der Waals surface area contributed by atoms with Gasteiger partial charge in [-0.15, -0.1) is 11.3 Å². The van der Waals surface area contributed by atoms with Crippen molar-refractivity contribution in [1.29, 1.82) is 0 Å². The van der Waals surface area contributed by atoms with Crippen molar-refractivity contribution in [3.63, 3.8) is 0 Å². The first-order valence-corrected chi connectivity index (χ1v) is 10.3. The molecule has 28 heavy (non-hydrogen) atoms. The number of nitro benzene ring substituents is 1. The van der Waals surface area contributed by atoms with Gasteiger partial charge < -0.3 is 4.74 Å². The van der Waals surface area contributed by atoms with Crippen LogP contribution in [0.15, 0.2) is 69.6 Å². The zero-order valence-corrected chi connectivity index (χ0v) is 16.9. The largest absolute Gasteiger partial charge is 0.464 e. The van der Waals surface area contributed by atoms with E-state index in [0.717, 1.165) is 32.1 Å². The number of hydrazone groups is 1. The Labute approximate surface area is 173 Å². The number of thiophene rings is 1. The molecule has 0 amide bonds. The van der Waals surface area contributed by atoms with Crippen LogP contribution in [0.3, 0.4) is 0 Å². The van der Waals surface area contributed by atoms with E-state index in [-0.39, 0.29) is 16.7 Å². The number of ether oxygens (including phenoxy) is 1. The molecule has 2 aliphatic heterocycles. The number of para-hydroxylation sites is 1. The van der Waals surface area contributed by atoms with Crippen molar-refractivity contribution in [2.75, 3.05) is 0 Å². The van der Waals surface area contributed by atoms with Gasteiger partial charge in [-0.05, 0) is 34.1 Å². The second kappa shape index (κ2) is 6.72. The van der Waals surface area contributed by atoms with Gasteiger partial charge >= 0.3 is 0 Å². The van der Waals surface area contributed by atoms with Crippen LogP contribution in [0.4, 0.5) is 5.69 Å². The quantitative estimate of drug-likeness (QED) is 0.377. The van der Waals surface area contributed by atoms with Crippen LogP contribution in [-0.2, 0) is 0 Å². The summed E-state index contributed by atoms with van der Waals surface area (Å²) in [5, 5.41) is 18.0. The van der Waals surface area contributed by atoms with Crippen molar-refractivity contribution in [3.05, 3.63) is 90.6 Å². The van der Waals surface area contributed by atoms with E-state index in [1.165, 1.54) is 6.07 Å². The molecule has 2 aliphatic rings. The number of hydrogen-bond acceptors (Lipinski definition) is 6. The third-order valence-electron chi connectivity index (χ3n) is 4.92. The average Bonchev–Trinajstić information content (AvgIpc) is 3.34. The van der Waals surface area contributed by atoms with Crippen molar-refractivity contribution in [1.82, 2.24) is 5.01 Å². The maximum absolute atomic E-state index is 11.2. The van der Waals surface area contributed by atoms with Gasteiger partial charge in [0.15, 0.2) is 0 Å². The summed E-state index contributed by atoms with van der Waals surface area (Å²) in [6, 6.07) is 18.6. The molecular formula is C20H14BrN3O3S. The molecule has 0 radical (unpaired) electrons. The number of non-ortho nitro benzene ring substituents is 1. The number of halogens is 1. The van der Waals surface area contributed by atoms with Crippen LogP contribution < -0.4 is 4.74 Å². The molecule has 3 heterocycles. The van der Waals surface area contributed by atoms with Crippen molar-refractivity contribution >= 4 is 38.7 Å². The van der Waals surface area contributed by atoms with Gasteiger partial charge in [-0.25, -0.2) is 5.01 Å². The first kappa shape index (κ1) is 17.4. The molecule has 0 unspecified atom stereocenters. The molecule has 0 saturated carbocycles. The van der Waals surface area contributed by atoms with E-state index in [1.807, 2.05) is 35.3 Å². The lowest BCUT2D eigenvalue weighted by molar-refractivity contribution is -0.385. The summed E-state index contributed by atoms with van der Waals surface area (Å²) in [5.74, 6) is 0.795. The lowest BCUT2D eigenvalue weighted by atomic mass is 9.97. The van der Waals surface area contributed by atoms with E-state index in [0.29, 0.717) is 5.56 Å². The minimum Gasteiger partial charge on any atom is -0.464 e. The summed E-state index contributed by atoms with van der Waals surface area (Å²) in [6.07, 6.45) is 0.249. The predicted octanol–water partition coefficient (Wildman–Crippen LogP) is 5.66. The Hall–Kier alpha value is -2.71. The number of hydrogen-bond donors (Lipinski definition) is 0. The summed E-state index contributed by atoms with van der Waals surface area (Å²) < 4.78 is 7.30. The van der Waals surface area contributed by atoms with E-state index in [1.54, 1.807) is 23.5 Å². The highest BCUT2D eigenvalue weighted by atomic mass is 79.9. The maximum atomic E-state index is 11.2. The van der Waals surface area contributed by atoms with Gasteiger partial charge in [0.25, 0.3) is 5.69 Å². The highest BCUT2D eigenvalue weighted by Crippen LogP contribution is 2.48. The highest BCUT2D eigenvalue weighted by molar-refractivity contribution is 9.11. The fourth-order valence-corrected chi connectivity index (χ4v) is 5.04.